The summed E-state index contributed by atoms with van der Waals surface area (Å²) in [6, 6.07) is 6.64. The van der Waals surface area contributed by atoms with Crippen LogP contribution in [0.3, 0.4) is 0 Å². The van der Waals surface area contributed by atoms with E-state index >= 15 is 0 Å². The molecule has 0 amide bonds. The second-order valence-electron chi connectivity index (χ2n) is 6.72. The van der Waals surface area contributed by atoms with Crippen LogP contribution in [0.4, 0.5) is 0 Å². The van der Waals surface area contributed by atoms with E-state index in [-0.39, 0.29) is 5.60 Å². The first-order chi connectivity index (χ1) is 7.25. The van der Waals surface area contributed by atoms with E-state index in [4.69, 9.17) is 4.74 Å². The SMILES string of the molecule is CC(C)(C)Cc1ccc2c(c1)CC(C)(C)O2. The minimum absolute atomic E-state index is 0.0251. The molecule has 1 aliphatic rings. The lowest BCUT2D eigenvalue weighted by Crippen LogP contribution is -2.24. The molecule has 0 unspecified atom stereocenters. The summed E-state index contributed by atoms with van der Waals surface area (Å²) in [7, 11) is 0. The molecule has 0 aliphatic carbocycles. The number of hydrogen-bond acceptors (Lipinski definition) is 1. The Morgan fingerprint density at radius 3 is 2.56 bits per heavy atom. The van der Waals surface area contributed by atoms with E-state index in [1.54, 1.807) is 0 Å². The number of hydrogen-bond donors (Lipinski definition) is 0. The van der Waals surface area contributed by atoms with Gasteiger partial charge in [0, 0.05) is 6.42 Å². The van der Waals surface area contributed by atoms with Crippen molar-refractivity contribution < 1.29 is 4.74 Å². The maximum atomic E-state index is 5.88. The van der Waals surface area contributed by atoms with Crippen LogP contribution < -0.4 is 4.74 Å². The molecular formula is C15H22O. The fourth-order valence-electron chi connectivity index (χ4n) is 2.39. The highest BCUT2D eigenvalue weighted by molar-refractivity contribution is 5.42. The predicted octanol–water partition coefficient (Wildman–Crippen LogP) is 3.99. The minimum atomic E-state index is -0.0251. The Hall–Kier alpha value is -0.980. The van der Waals surface area contributed by atoms with Crippen LogP contribution in [0.5, 0.6) is 5.75 Å². The van der Waals surface area contributed by atoms with Crippen molar-refractivity contribution in [2.24, 2.45) is 5.41 Å². The summed E-state index contributed by atoms with van der Waals surface area (Å²) in [6.45, 7) is 11.1. The van der Waals surface area contributed by atoms with Crippen molar-refractivity contribution in [1.82, 2.24) is 0 Å². The molecule has 1 aromatic rings. The highest BCUT2D eigenvalue weighted by atomic mass is 16.5. The molecule has 0 N–H and O–H groups in total. The standard InChI is InChI=1S/C15H22O/c1-14(2,3)9-11-6-7-13-12(8-11)10-15(4,5)16-13/h6-8H,9-10H2,1-5H3. The van der Waals surface area contributed by atoms with Crippen molar-refractivity contribution in [3.05, 3.63) is 29.3 Å². The Kier molecular flexibility index (Phi) is 2.52. The maximum Gasteiger partial charge on any atom is 0.123 e. The van der Waals surface area contributed by atoms with Crippen LogP contribution in [-0.4, -0.2) is 5.60 Å². The van der Waals surface area contributed by atoms with Gasteiger partial charge in [0.05, 0.1) is 0 Å². The molecule has 1 aromatic carbocycles. The quantitative estimate of drug-likeness (QED) is 0.692. The van der Waals surface area contributed by atoms with Crippen molar-refractivity contribution in [2.75, 3.05) is 0 Å². The van der Waals surface area contributed by atoms with Gasteiger partial charge in [-0.05, 0) is 42.9 Å². The molecule has 1 heterocycles. The summed E-state index contributed by atoms with van der Waals surface area (Å²) in [5, 5.41) is 0. The molecule has 0 radical (unpaired) electrons. The van der Waals surface area contributed by atoms with E-state index in [2.05, 4.69) is 52.8 Å². The van der Waals surface area contributed by atoms with E-state index < -0.39 is 0 Å². The predicted molar refractivity (Wildman–Crippen MR) is 68.0 cm³/mol. The van der Waals surface area contributed by atoms with Crippen molar-refractivity contribution in [1.29, 1.82) is 0 Å². The Labute approximate surface area is 98.8 Å². The molecule has 1 nitrogen and oxygen atoms in total. The van der Waals surface area contributed by atoms with Crippen LogP contribution in [0, 0.1) is 5.41 Å². The Balaban J connectivity index is 2.23. The van der Waals surface area contributed by atoms with E-state index in [1.165, 1.54) is 11.1 Å². The van der Waals surface area contributed by atoms with Gasteiger partial charge in [0.2, 0.25) is 0 Å². The topological polar surface area (TPSA) is 9.23 Å². The molecule has 2 rings (SSSR count). The van der Waals surface area contributed by atoms with Crippen molar-refractivity contribution in [3.63, 3.8) is 0 Å². The van der Waals surface area contributed by atoms with Crippen LogP contribution in [-0.2, 0) is 12.8 Å². The molecule has 0 saturated carbocycles. The fourth-order valence-corrected chi connectivity index (χ4v) is 2.39. The van der Waals surface area contributed by atoms with Crippen molar-refractivity contribution in [3.8, 4) is 5.75 Å². The molecule has 1 aliphatic heterocycles. The van der Waals surface area contributed by atoms with Gasteiger partial charge < -0.3 is 4.74 Å². The Morgan fingerprint density at radius 1 is 1.25 bits per heavy atom. The third-order valence-corrected chi connectivity index (χ3v) is 2.86. The van der Waals surface area contributed by atoms with Crippen molar-refractivity contribution in [2.45, 2.75) is 53.1 Å². The summed E-state index contributed by atoms with van der Waals surface area (Å²) >= 11 is 0. The van der Waals surface area contributed by atoms with Crippen LogP contribution >= 0.6 is 0 Å². The van der Waals surface area contributed by atoms with Gasteiger partial charge in [-0.3, -0.25) is 0 Å². The summed E-state index contributed by atoms with van der Waals surface area (Å²) in [5.74, 6) is 1.07. The van der Waals surface area contributed by atoms with E-state index in [0.717, 1.165) is 18.6 Å². The monoisotopic (exact) mass is 218 g/mol. The second-order valence-corrected chi connectivity index (χ2v) is 6.72. The minimum Gasteiger partial charge on any atom is -0.487 e. The third kappa shape index (κ3) is 2.58. The second kappa shape index (κ2) is 3.51. The average molecular weight is 218 g/mol. The van der Waals surface area contributed by atoms with Gasteiger partial charge >= 0.3 is 0 Å². The third-order valence-electron chi connectivity index (χ3n) is 2.86. The Bertz CT molecular complexity index is 396. The van der Waals surface area contributed by atoms with Crippen LogP contribution in [0.15, 0.2) is 18.2 Å². The zero-order chi connectivity index (χ0) is 12.0. The zero-order valence-electron chi connectivity index (χ0n) is 11.1. The lowest BCUT2D eigenvalue weighted by molar-refractivity contribution is 0.138. The number of rotatable bonds is 1. The van der Waals surface area contributed by atoms with Gasteiger partial charge in [-0.2, -0.15) is 0 Å². The number of benzene rings is 1. The first kappa shape index (κ1) is 11.5. The fraction of sp³-hybridized carbons (Fsp3) is 0.600. The summed E-state index contributed by atoms with van der Waals surface area (Å²) < 4.78 is 5.88. The summed E-state index contributed by atoms with van der Waals surface area (Å²) in [5.41, 5.74) is 3.12. The highest BCUT2D eigenvalue weighted by Gasteiger charge is 2.30. The van der Waals surface area contributed by atoms with Gasteiger partial charge in [-0.1, -0.05) is 32.9 Å². The molecule has 88 valence electrons. The number of ether oxygens (including phenoxy) is 1. The van der Waals surface area contributed by atoms with Crippen molar-refractivity contribution >= 4 is 0 Å². The molecule has 1 heteroatoms. The molecule has 0 atom stereocenters. The van der Waals surface area contributed by atoms with E-state index in [9.17, 15) is 0 Å². The maximum absolute atomic E-state index is 5.88. The summed E-state index contributed by atoms with van der Waals surface area (Å²) in [6.07, 6.45) is 2.15. The Morgan fingerprint density at radius 2 is 1.94 bits per heavy atom. The first-order valence-electron chi connectivity index (χ1n) is 6.06. The van der Waals surface area contributed by atoms with Gasteiger partial charge in [0.15, 0.2) is 0 Å². The lowest BCUT2D eigenvalue weighted by atomic mass is 9.87. The molecule has 0 fully saturated rings. The molecule has 0 spiro atoms. The molecular weight excluding hydrogens is 196 g/mol. The van der Waals surface area contributed by atoms with Gasteiger partial charge in [-0.15, -0.1) is 0 Å². The van der Waals surface area contributed by atoms with Gasteiger partial charge in [0.1, 0.15) is 11.4 Å². The van der Waals surface area contributed by atoms with Crippen LogP contribution in [0.2, 0.25) is 0 Å². The molecule has 0 saturated heterocycles. The van der Waals surface area contributed by atoms with Crippen LogP contribution in [0.1, 0.15) is 45.7 Å². The largest absolute Gasteiger partial charge is 0.487 e. The lowest BCUT2D eigenvalue weighted by Gasteiger charge is -2.18. The van der Waals surface area contributed by atoms with E-state index in [0.29, 0.717) is 5.41 Å². The summed E-state index contributed by atoms with van der Waals surface area (Å²) in [4.78, 5) is 0. The highest BCUT2D eigenvalue weighted by Crippen LogP contribution is 2.36. The van der Waals surface area contributed by atoms with E-state index in [1.807, 2.05) is 0 Å². The van der Waals surface area contributed by atoms with Gasteiger partial charge in [0.25, 0.3) is 0 Å². The molecule has 0 bridgehead atoms. The molecule has 0 aromatic heterocycles. The smallest absolute Gasteiger partial charge is 0.123 e. The number of fused-ring (bicyclic) bond motifs is 1. The molecule has 16 heavy (non-hydrogen) atoms. The van der Waals surface area contributed by atoms with Crippen LogP contribution in [0.25, 0.3) is 0 Å². The average Bonchev–Trinajstić information content (AvgIpc) is 2.34. The zero-order valence-corrected chi connectivity index (χ0v) is 11.1. The normalized spacial score (nSPS) is 18.1. The first-order valence-corrected chi connectivity index (χ1v) is 6.06. The van der Waals surface area contributed by atoms with Gasteiger partial charge in [-0.25, -0.2) is 0 Å².